The number of thiophene rings is 2. The summed E-state index contributed by atoms with van der Waals surface area (Å²) < 4.78 is 11.8. The Morgan fingerprint density at radius 1 is 0.357 bits per heavy atom. The Hall–Kier alpha value is -6.72. The first-order chi connectivity index (χ1) is 27.7. The number of nitrogens with zero attached hydrogens (tertiary/aromatic N) is 1. The van der Waals surface area contributed by atoms with Gasteiger partial charge in [0.25, 0.3) is 0 Å². The van der Waals surface area contributed by atoms with Gasteiger partial charge in [-0.1, -0.05) is 109 Å². The summed E-state index contributed by atoms with van der Waals surface area (Å²) >= 11 is 3.71. The number of hydrogen-bond donors (Lipinski definition) is 0. The van der Waals surface area contributed by atoms with Crippen LogP contribution in [0.5, 0.6) is 0 Å². The van der Waals surface area contributed by atoms with Gasteiger partial charge in [0.05, 0.1) is 0 Å². The molecular weight excluding hydrogens is 719 g/mol. The summed E-state index contributed by atoms with van der Waals surface area (Å²) in [7, 11) is 0. The van der Waals surface area contributed by atoms with Gasteiger partial charge in [-0.2, -0.15) is 0 Å². The first-order valence-electron chi connectivity index (χ1n) is 18.9. The number of benzene rings is 9. The van der Waals surface area contributed by atoms with Crippen molar-refractivity contribution in [1.29, 1.82) is 0 Å². The topological polar surface area (TPSA) is 16.4 Å². The standard InChI is InChI=1S/C52H31NOS2/c1-2-9-40-33(8-1)20-27-43-51-39(12-7-13-46(51)54-52(40)43)34-18-24-37(25-19-34)53(38-26-29-50-45(31-38)42-11-4-6-15-48(42)56-50)36-22-16-32(17-23-36)35-21-28-49-44(30-35)41-10-3-5-14-47(41)55-49/h1-31H. The maximum atomic E-state index is 6.53. The summed E-state index contributed by atoms with van der Waals surface area (Å²) in [5, 5.41) is 9.83. The summed E-state index contributed by atoms with van der Waals surface area (Å²) in [6.45, 7) is 0. The highest BCUT2D eigenvalue weighted by molar-refractivity contribution is 7.26. The Kier molecular flexibility index (Phi) is 7.00. The van der Waals surface area contributed by atoms with Gasteiger partial charge in [-0.3, -0.25) is 0 Å². The fraction of sp³-hybridized carbons (Fsp3) is 0. The predicted octanol–water partition coefficient (Wildman–Crippen LogP) is 16.3. The molecular formula is C52H31NOS2. The molecule has 262 valence electrons. The van der Waals surface area contributed by atoms with Crippen molar-refractivity contribution in [2.75, 3.05) is 4.90 Å². The molecule has 0 atom stereocenters. The van der Waals surface area contributed by atoms with E-state index in [1.54, 1.807) is 0 Å². The molecule has 0 bridgehead atoms. The molecule has 0 aliphatic rings. The predicted molar refractivity (Wildman–Crippen MR) is 243 cm³/mol. The zero-order chi connectivity index (χ0) is 36.7. The minimum Gasteiger partial charge on any atom is -0.455 e. The van der Waals surface area contributed by atoms with E-state index < -0.39 is 0 Å². The molecule has 0 saturated carbocycles. The van der Waals surface area contributed by atoms with Crippen LogP contribution in [-0.2, 0) is 0 Å². The molecule has 0 radical (unpaired) electrons. The van der Waals surface area contributed by atoms with Crippen LogP contribution in [0.15, 0.2) is 192 Å². The fourth-order valence-electron chi connectivity index (χ4n) is 8.59. The molecule has 9 aromatic carbocycles. The minimum atomic E-state index is 0.905. The van der Waals surface area contributed by atoms with Gasteiger partial charge >= 0.3 is 0 Å². The zero-order valence-corrected chi connectivity index (χ0v) is 31.7. The summed E-state index contributed by atoms with van der Waals surface area (Å²) in [6, 6.07) is 68.5. The molecule has 12 aromatic rings. The molecule has 0 aliphatic carbocycles. The first-order valence-corrected chi connectivity index (χ1v) is 20.5. The van der Waals surface area contributed by atoms with Crippen molar-refractivity contribution in [2.24, 2.45) is 0 Å². The monoisotopic (exact) mass is 749 g/mol. The number of rotatable bonds is 5. The van der Waals surface area contributed by atoms with Crippen molar-refractivity contribution in [3.05, 3.63) is 188 Å². The van der Waals surface area contributed by atoms with Crippen molar-refractivity contribution < 1.29 is 4.42 Å². The average Bonchev–Trinajstić information content (AvgIpc) is 3.95. The summed E-state index contributed by atoms with van der Waals surface area (Å²) in [5.41, 5.74) is 9.93. The molecule has 56 heavy (non-hydrogen) atoms. The van der Waals surface area contributed by atoms with Crippen LogP contribution in [0, 0.1) is 0 Å². The van der Waals surface area contributed by atoms with E-state index in [1.165, 1.54) is 62.4 Å². The second-order valence-electron chi connectivity index (χ2n) is 14.5. The van der Waals surface area contributed by atoms with Crippen LogP contribution in [0.2, 0.25) is 0 Å². The molecule has 0 aliphatic heterocycles. The Morgan fingerprint density at radius 3 is 1.66 bits per heavy atom. The molecule has 0 spiro atoms. The van der Waals surface area contributed by atoms with E-state index in [0.717, 1.165) is 50.0 Å². The van der Waals surface area contributed by atoms with Gasteiger partial charge < -0.3 is 9.32 Å². The largest absolute Gasteiger partial charge is 0.455 e. The number of fused-ring (bicyclic) bond motifs is 11. The van der Waals surface area contributed by atoms with E-state index in [9.17, 15) is 0 Å². The summed E-state index contributed by atoms with van der Waals surface area (Å²) in [5.74, 6) is 0. The molecule has 3 heterocycles. The lowest BCUT2D eigenvalue weighted by molar-refractivity contribution is 0.673. The van der Waals surface area contributed by atoms with E-state index in [-0.39, 0.29) is 0 Å². The van der Waals surface area contributed by atoms with Gasteiger partial charge in [0.2, 0.25) is 0 Å². The second-order valence-corrected chi connectivity index (χ2v) is 16.6. The molecule has 0 saturated heterocycles. The number of hydrogen-bond acceptors (Lipinski definition) is 4. The summed E-state index contributed by atoms with van der Waals surface area (Å²) in [6.07, 6.45) is 0. The van der Waals surface area contributed by atoms with E-state index in [0.29, 0.717) is 0 Å². The Morgan fingerprint density at radius 2 is 0.929 bits per heavy atom. The molecule has 2 nitrogen and oxygen atoms in total. The van der Waals surface area contributed by atoms with Crippen LogP contribution in [0.25, 0.3) is 95.3 Å². The SMILES string of the molecule is c1ccc2c(c1)ccc1c2oc2cccc(-c3ccc(N(c4ccc(-c5ccc6sc7ccccc7c6c5)cc4)c4ccc5sc6ccccc6c5c4)cc3)c21. The third-order valence-electron chi connectivity index (χ3n) is 11.3. The molecule has 3 aromatic heterocycles. The van der Waals surface area contributed by atoms with Crippen molar-refractivity contribution in [3.63, 3.8) is 0 Å². The van der Waals surface area contributed by atoms with Crippen LogP contribution < -0.4 is 4.90 Å². The highest BCUT2D eigenvalue weighted by Crippen LogP contribution is 2.44. The van der Waals surface area contributed by atoms with E-state index in [1.807, 2.05) is 22.7 Å². The quantitative estimate of drug-likeness (QED) is 0.174. The second kappa shape index (κ2) is 12.4. The average molecular weight is 750 g/mol. The smallest absolute Gasteiger partial charge is 0.143 e. The van der Waals surface area contributed by atoms with Crippen molar-refractivity contribution in [3.8, 4) is 22.3 Å². The molecule has 0 fully saturated rings. The van der Waals surface area contributed by atoms with E-state index >= 15 is 0 Å². The van der Waals surface area contributed by atoms with Crippen LogP contribution in [0.3, 0.4) is 0 Å². The molecule has 0 amide bonds. The van der Waals surface area contributed by atoms with Gasteiger partial charge in [0.1, 0.15) is 11.2 Å². The maximum absolute atomic E-state index is 6.53. The molecule has 12 rings (SSSR count). The van der Waals surface area contributed by atoms with Gasteiger partial charge in [-0.25, -0.2) is 0 Å². The number of anilines is 3. The number of furan rings is 1. The van der Waals surface area contributed by atoms with Gasteiger partial charge in [0, 0.05) is 73.6 Å². The Balaban J connectivity index is 0.978. The van der Waals surface area contributed by atoms with Crippen molar-refractivity contribution >= 4 is 113 Å². The van der Waals surface area contributed by atoms with Gasteiger partial charge in [0.15, 0.2) is 0 Å². The van der Waals surface area contributed by atoms with E-state index in [2.05, 4.69) is 193 Å². The van der Waals surface area contributed by atoms with Crippen LogP contribution in [0.4, 0.5) is 17.1 Å². The van der Waals surface area contributed by atoms with Gasteiger partial charge in [-0.05, 0) is 107 Å². The Bertz CT molecular complexity index is 3480. The lowest BCUT2D eigenvalue weighted by atomic mass is 9.98. The van der Waals surface area contributed by atoms with Crippen molar-refractivity contribution in [2.45, 2.75) is 0 Å². The fourth-order valence-corrected chi connectivity index (χ4v) is 10.8. The van der Waals surface area contributed by atoms with Crippen molar-refractivity contribution in [1.82, 2.24) is 0 Å². The molecule has 4 heteroatoms. The third kappa shape index (κ3) is 4.93. The molecule has 0 unspecified atom stereocenters. The first kappa shape index (κ1) is 31.6. The lowest BCUT2D eigenvalue weighted by Crippen LogP contribution is -2.09. The Labute approximate surface area is 330 Å². The molecule has 0 N–H and O–H groups in total. The van der Waals surface area contributed by atoms with Gasteiger partial charge in [-0.15, -0.1) is 22.7 Å². The lowest BCUT2D eigenvalue weighted by Gasteiger charge is -2.26. The van der Waals surface area contributed by atoms with Crippen LogP contribution >= 0.6 is 22.7 Å². The minimum absolute atomic E-state index is 0.905. The van der Waals surface area contributed by atoms with E-state index in [4.69, 9.17) is 4.42 Å². The highest BCUT2D eigenvalue weighted by atomic mass is 32.1. The van der Waals surface area contributed by atoms with Crippen LogP contribution in [0.1, 0.15) is 0 Å². The highest BCUT2D eigenvalue weighted by Gasteiger charge is 2.18. The van der Waals surface area contributed by atoms with Crippen LogP contribution in [-0.4, -0.2) is 0 Å². The normalized spacial score (nSPS) is 11.9. The zero-order valence-electron chi connectivity index (χ0n) is 30.1. The maximum Gasteiger partial charge on any atom is 0.143 e. The summed E-state index contributed by atoms with van der Waals surface area (Å²) in [4.78, 5) is 2.38. The third-order valence-corrected chi connectivity index (χ3v) is 13.6.